The fraction of sp³-hybridized carbons (Fsp3) is 0.429. The van der Waals surface area contributed by atoms with Crippen LogP contribution in [0.2, 0.25) is 0 Å². The Hall–Kier alpha value is -3.57. The predicted molar refractivity (Wildman–Crippen MR) is 108 cm³/mol. The second-order valence-electron chi connectivity index (χ2n) is 7.92. The Balaban J connectivity index is 0.000000383. The molecule has 2 amide bonds. The Bertz CT molecular complexity index is 990. The van der Waals surface area contributed by atoms with E-state index in [0.29, 0.717) is 31.0 Å². The van der Waals surface area contributed by atoms with Crippen LogP contribution in [0.5, 0.6) is 0 Å². The highest BCUT2D eigenvalue weighted by atomic mass is 19.4. The number of hydrogen-bond donors (Lipinski definition) is 1. The van der Waals surface area contributed by atoms with Crippen molar-refractivity contribution in [3.05, 3.63) is 54.4 Å². The minimum Gasteiger partial charge on any atom is -0.475 e. The summed E-state index contributed by atoms with van der Waals surface area (Å²) in [6, 6.07) is 5.38. The van der Waals surface area contributed by atoms with E-state index < -0.39 is 12.1 Å². The molecule has 0 saturated carbocycles. The summed E-state index contributed by atoms with van der Waals surface area (Å²) < 4.78 is 31.7. The van der Waals surface area contributed by atoms with Gasteiger partial charge in [-0.05, 0) is 31.4 Å². The summed E-state index contributed by atoms with van der Waals surface area (Å²) in [7, 11) is 0. The number of rotatable bonds is 2. The third kappa shape index (κ3) is 6.02. The summed E-state index contributed by atoms with van der Waals surface area (Å²) in [5, 5.41) is 7.12. The van der Waals surface area contributed by atoms with Crippen molar-refractivity contribution >= 4 is 17.8 Å². The number of piperidine rings is 1. The quantitative estimate of drug-likeness (QED) is 0.723. The molecule has 2 saturated heterocycles. The van der Waals surface area contributed by atoms with E-state index in [1.807, 2.05) is 15.9 Å². The predicted octanol–water partition coefficient (Wildman–Crippen LogP) is 2.27. The van der Waals surface area contributed by atoms with Crippen LogP contribution >= 0.6 is 0 Å². The van der Waals surface area contributed by atoms with Crippen molar-refractivity contribution in [2.75, 3.05) is 26.2 Å². The number of carboxylic acid groups (broad SMARTS) is 1. The van der Waals surface area contributed by atoms with Crippen molar-refractivity contribution < 1.29 is 32.7 Å². The Morgan fingerprint density at radius 2 is 1.55 bits per heavy atom. The molecule has 4 heterocycles. The number of hydrogen-bond acceptors (Lipinski definition) is 6. The number of carboxylic acids is 1. The number of carbonyl (C=O) groups excluding carboxylic acids is 2. The molecule has 0 aromatic carbocycles. The Morgan fingerprint density at radius 1 is 0.909 bits per heavy atom. The molecule has 0 aliphatic carbocycles. The lowest BCUT2D eigenvalue weighted by atomic mass is 9.79. The number of nitrogens with zero attached hydrogens (tertiary/aromatic N) is 5. The van der Waals surface area contributed by atoms with Crippen molar-refractivity contribution in [1.29, 1.82) is 0 Å². The topological polar surface area (TPSA) is 117 Å². The number of aromatic nitrogens is 3. The minimum atomic E-state index is -5.08. The zero-order valence-electron chi connectivity index (χ0n) is 17.5. The Kier molecular flexibility index (Phi) is 7.24. The van der Waals surface area contributed by atoms with Gasteiger partial charge >= 0.3 is 12.1 Å². The van der Waals surface area contributed by atoms with E-state index in [0.717, 1.165) is 25.8 Å². The number of alkyl halides is 3. The van der Waals surface area contributed by atoms with Gasteiger partial charge in [-0.25, -0.2) is 9.78 Å². The smallest absolute Gasteiger partial charge is 0.475 e. The van der Waals surface area contributed by atoms with E-state index in [1.165, 1.54) is 12.4 Å². The maximum Gasteiger partial charge on any atom is 0.490 e. The number of pyridine rings is 1. The molecular weight excluding hydrogens is 443 g/mol. The van der Waals surface area contributed by atoms with E-state index in [4.69, 9.17) is 9.90 Å². The monoisotopic (exact) mass is 465 g/mol. The first-order valence-electron chi connectivity index (χ1n) is 10.2. The lowest BCUT2D eigenvalue weighted by Crippen LogP contribution is -2.48. The normalized spacial score (nSPS) is 20.2. The van der Waals surface area contributed by atoms with Gasteiger partial charge in [-0.15, -0.1) is 0 Å². The zero-order chi connectivity index (χ0) is 24.1. The summed E-state index contributed by atoms with van der Waals surface area (Å²) in [5.74, 6) is -2.86. The molecule has 12 heteroatoms. The van der Waals surface area contributed by atoms with Crippen LogP contribution in [0, 0.1) is 5.41 Å². The Morgan fingerprint density at radius 3 is 2.12 bits per heavy atom. The first-order valence-corrected chi connectivity index (χ1v) is 10.2. The molecule has 176 valence electrons. The maximum absolute atomic E-state index is 12.7. The van der Waals surface area contributed by atoms with Gasteiger partial charge in [0.2, 0.25) is 0 Å². The summed E-state index contributed by atoms with van der Waals surface area (Å²) in [5.41, 5.74) is 0.831. The summed E-state index contributed by atoms with van der Waals surface area (Å²) in [6.45, 7) is 2.77. The van der Waals surface area contributed by atoms with Crippen LogP contribution in [0.1, 0.15) is 40.2 Å². The maximum atomic E-state index is 12.7. The standard InChI is InChI=1S/C19H21N5O2.C2HF3O2/c25-17(15-4-1-2-7-21-15)24-11-6-19(14-24)5-3-10-23(13-19)18(26)16-12-20-8-9-22-16;3-2(4,5)1(6)7/h1-2,4,7-9,12H,3,5-6,10-11,13-14H2;(H,6,7). The number of amides is 2. The van der Waals surface area contributed by atoms with Crippen LogP contribution in [0.25, 0.3) is 0 Å². The third-order valence-electron chi connectivity index (χ3n) is 5.58. The van der Waals surface area contributed by atoms with Crippen LogP contribution in [-0.4, -0.2) is 80.0 Å². The molecule has 9 nitrogen and oxygen atoms in total. The SMILES string of the molecule is O=C(O)C(F)(F)F.O=C(c1cnccn1)N1CCCC2(CCN(C(=O)c3ccccn3)C2)C1. The molecule has 2 aromatic heterocycles. The lowest BCUT2D eigenvalue weighted by Gasteiger charge is -2.40. The van der Waals surface area contributed by atoms with Crippen molar-refractivity contribution in [2.24, 2.45) is 5.41 Å². The fourth-order valence-electron chi connectivity index (χ4n) is 4.05. The van der Waals surface area contributed by atoms with E-state index in [1.54, 1.807) is 24.5 Å². The van der Waals surface area contributed by atoms with Crippen LogP contribution in [-0.2, 0) is 4.79 Å². The molecule has 2 fully saturated rings. The molecular formula is C21H22F3N5O4. The molecule has 0 bridgehead atoms. The van der Waals surface area contributed by atoms with Crippen LogP contribution in [0.15, 0.2) is 43.0 Å². The molecule has 1 N–H and O–H groups in total. The first kappa shape index (κ1) is 24.1. The zero-order valence-corrected chi connectivity index (χ0v) is 17.5. The van der Waals surface area contributed by atoms with E-state index in [9.17, 15) is 22.8 Å². The average Bonchev–Trinajstić information content (AvgIpc) is 3.22. The van der Waals surface area contributed by atoms with Gasteiger partial charge in [0.15, 0.2) is 0 Å². The highest BCUT2D eigenvalue weighted by Crippen LogP contribution is 2.39. The highest BCUT2D eigenvalue weighted by Gasteiger charge is 2.44. The summed E-state index contributed by atoms with van der Waals surface area (Å²) in [4.78, 5) is 50.3. The minimum absolute atomic E-state index is 0.0272. The molecule has 1 atom stereocenters. The van der Waals surface area contributed by atoms with Gasteiger partial charge in [-0.1, -0.05) is 6.07 Å². The van der Waals surface area contributed by atoms with Gasteiger partial charge < -0.3 is 14.9 Å². The van der Waals surface area contributed by atoms with E-state index >= 15 is 0 Å². The van der Waals surface area contributed by atoms with Crippen LogP contribution < -0.4 is 0 Å². The number of likely N-dealkylation sites (tertiary alicyclic amines) is 2. The van der Waals surface area contributed by atoms with Crippen LogP contribution in [0.3, 0.4) is 0 Å². The summed E-state index contributed by atoms with van der Waals surface area (Å²) >= 11 is 0. The molecule has 2 aliphatic rings. The van der Waals surface area contributed by atoms with Crippen molar-refractivity contribution in [1.82, 2.24) is 24.8 Å². The molecule has 2 aromatic rings. The van der Waals surface area contributed by atoms with Gasteiger partial charge in [-0.2, -0.15) is 13.2 Å². The van der Waals surface area contributed by atoms with E-state index in [-0.39, 0.29) is 17.2 Å². The molecule has 33 heavy (non-hydrogen) atoms. The third-order valence-corrected chi connectivity index (χ3v) is 5.58. The number of carbonyl (C=O) groups is 3. The molecule has 4 rings (SSSR count). The molecule has 0 radical (unpaired) electrons. The van der Waals surface area contributed by atoms with Gasteiger partial charge in [0, 0.05) is 50.2 Å². The van der Waals surface area contributed by atoms with Gasteiger partial charge in [0.1, 0.15) is 11.4 Å². The van der Waals surface area contributed by atoms with E-state index in [2.05, 4.69) is 15.0 Å². The van der Waals surface area contributed by atoms with Gasteiger partial charge in [-0.3, -0.25) is 19.6 Å². The van der Waals surface area contributed by atoms with Gasteiger partial charge in [0.05, 0.1) is 6.20 Å². The second-order valence-corrected chi connectivity index (χ2v) is 7.92. The molecule has 1 spiro atoms. The Labute approximate surface area is 187 Å². The first-order chi connectivity index (χ1) is 15.6. The summed E-state index contributed by atoms with van der Waals surface area (Å²) in [6.07, 6.45) is 4.05. The number of aliphatic carboxylic acids is 1. The number of halogens is 3. The van der Waals surface area contributed by atoms with Crippen molar-refractivity contribution in [2.45, 2.75) is 25.4 Å². The van der Waals surface area contributed by atoms with Crippen molar-refractivity contribution in [3.8, 4) is 0 Å². The second kappa shape index (κ2) is 9.92. The molecule has 2 aliphatic heterocycles. The average molecular weight is 465 g/mol. The van der Waals surface area contributed by atoms with Gasteiger partial charge in [0.25, 0.3) is 11.8 Å². The lowest BCUT2D eigenvalue weighted by molar-refractivity contribution is -0.192. The largest absolute Gasteiger partial charge is 0.490 e. The van der Waals surface area contributed by atoms with Crippen LogP contribution in [0.4, 0.5) is 13.2 Å². The highest BCUT2D eigenvalue weighted by molar-refractivity contribution is 5.93. The van der Waals surface area contributed by atoms with Crippen molar-refractivity contribution in [3.63, 3.8) is 0 Å². The molecule has 1 unspecified atom stereocenters. The fourth-order valence-corrected chi connectivity index (χ4v) is 4.05.